The number of hydrogen-bond donors (Lipinski definition) is 1. The van der Waals surface area contributed by atoms with Gasteiger partial charge in [-0.1, -0.05) is 42.5 Å². The number of aromatic nitrogens is 1. The molecule has 3 heteroatoms. The fraction of sp³-hybridized carbons (Fsp3) is 0. The molecule has 0 bridgehead atoms. The molecule has 0 spiro atoms. The summed E-state index contributed by atoms with van der Waals surface area (Å²) < 4.78 is 5.52. The molecule has 1 N–H and O–H groups in total. The summed E-state index contributed by atoms with van der Waals surface area (Å²) in [6.45, 7) is 0. The summed E-state index contributed by atoms with van der Waals surface area (Å²) in [4.78, 5) is 4.75. The SMILES string of the molecule is Oc1ccc(-c2cc(-c3ccccc3)nc(-c3ccco3)c2)cc1. The van der Waals surface area contributed by atoms with Crippen LogP contribution in [0.5, 0.6) is 5.75 Å². The van der Waals surface area contributed by atoms with Gasteiger partial charge in [0.05, 0.1) is 12.0 Å². The highest BCUT2D eigenvalue weighted by atomic mass is 16.3. The standard InChI is InChI=1S/C21H15NO2/c23-18-10-8-15(9-11-18)17-13-19(16-5-2-1-3-6-16)22-20(14-17)21-7-4-12-24-21/h1-14,23H. The predicted molar refractivity (Wildman–Crippen MR) is 94.5 cm³/mol. The highest BCUT2D eigenvalue weighted by Crippen LogP contribution is 2.30. The number of phenols is 1. The Morgan fingerprint density at radius 3 is 2.12 bits per heavy atom. The lowest BCUT2D eigenvalue weighted by atomic mass is 10.0. The smallest absolute Gasteiger partial charge is 0.152 e. The van der Waals surface area contributed by atoms with E-state index in [1.807, 2.05) is 66.7 Å². The fourth-order valence-corrected chi connectivity index (χ4v) is 2.66. The van der Waals surface area contributed by atoms with Crippen LogP contribution in [-0.4, -0.2) is 10.1 Å². The van der Waals surface area contributed by atoms with E-state index in [0.29, 0.717) is 0 Å². The zero-order valence-corrected chi connectivity index (χ0v) is 12.9. The van der Waals surface area contributed by atoms with E-state index in [1.165, 1.54) is 0 Å². The number of aromatic hydroxyl groups is 1. The summed E-state index contributed by atoms with van der Waals surface area (Å²) in [5.74, 6) is 0.982. The van der Waals surface area contributed by atoms with Gasteiger partial charge in [-0.15, -0.1) is 0 Å². The molecule has 4 aromatic rings. The number of hydrogen-bond acceptors (Lipinski definition) is 3. The molecule has 0 radical (unpaired) electrons. The Morgan fingerprint density at radius 2 is 1.42 bits per heavy atom. The van der Waals surface area contributed by atoms with Crippen molar-refractivity contribution in [3.05, 3.63) is 85.1 Å². The Morgan fingerprint density at radius 1 is 0.667 bits per heavy atom. The molecular weight excluding hydrogens is 298 g/mol. The van der Waals surface area contributed by atoms with Gasteiger partial charge in [-0.05, 0) is 47.5 Å². The molecule has 2 aromatic heterocycles. The van der Waals surface area contributed by atoms with Crippen molar-refractivity contribution in [2.45, 2.75) is 0 Å². The van der Waals surface area contributed by atoms with E-state index in [1.54, 1.807) is 18.4 Å². The highest BCUT2D eigenvalue weighted by Gasteiger charge is 2.10. The molecule has 116 valence electrons. The average Bonchev–Trinajstić information content (AvgIpc) is 3.17. The Hall–Kier alpha value is -3.33. The van der Waals surface area contributed by atoms with Crippen molar-refractivity contribution >= 4 is 0 Å². The molecule has 0 amide bonds. The molecule has 24 heavy (non-hydrogen) atoms. The molecule has 2 heterocycles. The highest BCUT2D eigenvalue weighted by molar-refractivity contribution is 5.75. The lowest BCUT2D eigenvalue weighted by molar-refractivity contribution is 0.475. The Balaban J connectivity index is 1.90. The van der Waals surface area contributed by atoms with Gasteiger partial charge >= 0.3 is 0 Å². The van der Waals surface area contributed by atoms with Crippen LogP contribution in [0.25, 0.3) is 33.8 Å². The van der Waals surface area contributed by atoms with Crippen LogP contribution in [-0.2, 0) is 0 Å². The van der Waals surface area contributed by atoms with Crippen LogP contribution < -0.4 is 0 Å². The number of nitrogens with zero attached hydrogens (tertiary/aromatic N) is 1. The largest absolute Gasteiger partial charge is 0.508 e. The van der Waals surface area contributed by atoms with Gasteiger partial charge in [0.1, 0.15) is 11.4 Å². The summed E-state index contributed by atoms with van der Waals surface area (Å²) in [6.07, 6.45) is 1.65. The second kappa shape index (κ2) is 6.05. The van der Waals surface area contributed by atoms with E-state index in [2.05, 4.69) is 0 Å². The van der Waals surface area contributed by atoms with Crippen molar-refractivity contribution in [2.24, 2.45) is 0 Å². The van der Waals surface area contributed by atoms with Gasteiger partial charge in [0.2, 0.25) is 0 Å². The molecule has 0 saturated carbocycles. The number of phenolic OH excluding ortho intramolecular Hbond substituents is 1. The molecule has 2 aromatic carbocycles. The molecule has 0 saturated heterocycles. The van der Waals surface area contributed by atoms with Crippen molar-refractivity contribution in [1.29, 1.82) is 0 Å². The van der Waals surface area contributed by atoms with E-state index < -0.39 is 0 Å². The van der Waals surface area contributed by atoms with Crippen molar-refractivity contribution in [3.63, 3.8) is 0 Å². The lowest BCUT2D eigenvalue weighted by Crippen LogP contribution is -1.90. The first-order chi connectivity index (χ1) is 11.8. The van der Waals surface area contributed by atoms with Gasteiger partial charge in [-0.2, -0.15) is 0 Å². The Labute approximate surface area is 139 Å². The molecular formula is C21H15NO2. The van der Waals surface area contributed by atoms with Crippen LogP contribution >= 0.6 is 0 Å². The lowest BCUT2D eigenvalue weighted by Gasteiger charge is -2.09. The molecule has 0 aliphatic carbocycles. The van der Waals surface area contributed by atoms with Crippen molar-refractivity contribution in [1.82, 2.24) is 4.98 Å². The van der Waals surface area contributed by atoms with Gasteiger partial charge < -0.3 is 9.52 Å². The second-order valence-electron chi connectivity index (χ2n) is 5.52. The quantitative estimate of drug-likeness (QED) is 0.552. The Bertz CT molecular complexity index is 943. The zero-order chi connectivity index (χ0) is 16.4. The maximum Gasteiger partial charge on any atom is 0.152 e. The number of furan rings is 1. The summed E-state index contributed by atoms with van der Waals surface area (Å²) in [7, 11) is 0. The normalized spacial score (nSPS) is 10.7. The van der Waals surface area contributed by atoms with Gasteiger partial charge in [0.25, 0.3) is 0 Å². The van der Waals surface area contributed by atoms with Crippen molar-refractivity contribution in [3.8, 4) is 39.6 Å². The van der Waals surface area contributed by atoms with E-state index in [0.717, 1.165) is 33.8 Å². The van der Waals surface area contributed by atoms with Crippen LogP contribution in [0, 0.1) is 0 Å². The van der Waals surface area contributed by atoms with Crippen LogP contribution in [0.1, 0.15) is 0 Å². The molecule has 0 unspecified atom stereocenters. The van der Waals surface area contributed by atoms with Gasteiger partial charge in [0, 0.05) is 5.56 Å². The van der Waals surface area contributed by atoms with Crippen LogP contribution in [0.15, 0.2) is 89.5 Å². The predicted octanol–water partition coefficient (Wildman–Crippen LogP) is 5.38. The Kier molecular flexibility index (Phi) is 3.60. The van der Waals surface area contributed by atoms with Crippen LogP contribution in [0.3, 0.4) is 0 Å². The van der Waals surface area contributed by atoms with E-state index in [-0.39, 0.29) is 5.75 Å². The molecule has 0 fully saturated rings. The number of benzene rings is 2. The summed E-state index contributed by atoms with van der Waals surface area (Å²) >= 11 is 0. The summed E-state index contributed by atoms with van der Waals surface area (Å²) in [6, 6.07) is 25.0. The topological polar surface area (TPSA) is 46.3 Å². The van der Waals surface area contributed by atoms with E-state index in [9.17, 15) is 5.11 Å². The van der Waals surface area contributed by atoms with Gasteiger partial charge in [-0.3, -0.25) is 0 Å². The minimum atomic E-state index is 0.252. The van der Waals surface area contributed by atoms with Crippen LogP contribution in [0.2, 0.25) is 0 Å². The first kappa shape index (κ1) is 14.3. The minimum Gasteiger partial charge on any atom is -0.508 e. The second-order valence-corrected chi connectivity index (χ2v) is 5.52. The summed E-state index contributed by atoms with van der Waals surface area (Å²) in [5, 5.41) is 9.51. The maximum atomic E-state index is 9.51. The number of rotatable bonds is 3. The fourth-order valence-electron chi connectivity index (χ4n) is 2.66. The third-order valence-corrected chi connectivity index (χ3v) is 3.87. The summed E-state index contributed by atoms with van der Waals surface area (Å²) in [5.41, 5.74) is 4.75. The van der Waals surface area contributed by atoms with Crippen molar-refractivity contribution < 1.29 is 9.52 Å². The molecule has 0 aliphatic heterocycles. The van der Waals surface area contributed by atoms with E-state index in [4.69, 9.17) is 9.40 Å². The molecule has 4 rings (SSSR count). The van der Waals surface area contributed by atoms with Crippen molar-refractivity contribution in [2.75, 3.05) is 0 Å². The first-order valence-corrected chi connectivity index (χ1v) is 7.70. The monoisotopic (exact) mass is 313 g/mol. The first-order valence-electron chi connectivity index (χ1n) is 7.70. The van der Waals surface area contributed by atoms with Gasteiger partial charge in [0.15, 0.2) is 5.76 Å². The minimum absolute atomic E-state index is 0.252. The maximum absolute atomic E-state index is 9.51. The average molecular weight is 313 g/mol. The molecule has 0 atom stereocenters. The molecule has 0 aliphatic rings. The van der Waals surface area contributed by atoms with E-state index >= 15 is 0 Å². The van der Waals surface area contributed by atoms with Gasteiger partial charge in [-0.25, -0.2) is 4.98 Å². The third kappa shape index (κ3) is 2.79. The third-order valence-electron chi connectivity index (χ3n) is 3.87. The number of pyridine rings is 1. The van der Waals surface area contributed by atoms with Crippen LogP contribution in [0.4, 0.5) is 0 Å². The zero-order valence-electron chi connectivity index (χ0n) is 12.9. The molecule has 3 nitrogen and oxygen atoms in total.